The van der Waals surface area contributed by atoms with Crippen LogP contribution in [-0.2, 0) is 16.1 Å². The Bertz CT molecular complexity index is 1270. The SMILES string of the molecule is CC(C)COc1ccc(/C(O)=C2/C(=O)C(=O)N(Cc3ccccn3)C2c2ccc(Cl)c(Cl)c2)cc1. The van der Waals surface area contributed by atoms with Crippen molar-refractivity contribution in [2.75, 3.05) is 6.61 Å². The number of Topliss-reactive ketones (excluding diaryl/α,β-unsaturated/α-hetero) is 1. The fourth-order valence-electron chi connectivity index (χ4n) is 3.87. The first-order valence-electron chi connectivity index (χ1n) is 11.1. The number of nitrogens with zero attached hydrogens (tertiary/aromatic N) is 2. The number of pyridine rings is 1. The first-order valence-corrected chi connectivity index (χ1v) is 11.9. The van der Waals surface area contributed by atoms with Crippen molar-refractivity contribution in [3.8, 4) is 5.75 Å². The van der Waals surface area contributed by atoms with Crippen LogP contribution in [0.1, 0.15) is 36.7 Å². The van der Waals surface area contributed by atoms with E-state index in [4.69, 9.17) is 27.9 Å². The van der Waals surface area contributed by atoms with E-state index in [-0.39, 0.29) is 22.9 Å². The van der Waals surface area contributed by atoms with Crippen LogP contribution < -0.4 is 4.74 Å². The highest BCUT2D eigenvalue weighted by Crippen LogP contribution is 2.41. The van der Waals surface area contributed by atoms with Crippen molar-refractivity contribution < 1.29 is 19.4 Å². The number of carbonyl (C=O) groups excluding carboxylic acids is 2. The van der Waals surface area contributed by atoms with Crippen LogP contribution in [0.5, 0.6) is 5.75 Å². The van der Waals surface area contributed by atoms with Gasteiger partial charge < -0.3 is 14.7 Å². The average Bonchev–Trinajstić information content (AvgIpc) is 3.10. The lowest BCUT2D eigenvalue weighted by atomic mass is 9.95. The molecule has 1 aliphatic heterocycles. The lowest BCUT2D eigenvalue weighted by molar-refractivity contribution is -0.140. The highest BCUT2D eigenvalue weighted by atomic mass is 35.5. The Balaban J connectivity index is 1.78. The van der Waals surface area contributed by atoms with Crippen LogP contribution in [0.3, 0.4) is 0 Å². The van der Waals surface area contributed by atoms with Gasteiger partial charge in [0, 0.05) is 11.8 Å². The summed E-state index contributed by atoms with van der Waals surface area (Å²) in [5.74, 6) is -0.783. The van der Waals surface area contributed by atoms with Crippen LogP contribution in [0.15, 0.2) is 72.4 Å². The third-order valence-electron chi connectivity index (χ3n) is 5.57. The summed E-state index contributed by atoms with van der Waals surface area (Å²) in [4.78, 5) is 32.0. The molecule has 1 N–H and O–H groups in total. The zero-order valence-electron chi connectivity index (χ0n) is 19.2. The van der Waals surface area contributed by atoms with Crippen molar-refractivity contribution in [3.05, 3.63) is 99.3 Å². The largest absolute Gasteiger partial charge is 0.507 e. The third-order valence-corrected chi connectivity index (χ3v) is 6.31. The van der Waals surface area contributed by atoms with Crippen LogP contribution in [-0.4, -0.2) is 33.3 Å². The van der Waals surface area contributed by atoms with E-state index in [2.05, 4.69) is 4.98 Å². The molecule has 0 spiro atoms. The molecule has 1 atom stereocenters. The number of likely N-dealkylation sites (tertiary alicyclic amines) is 1. The summed E-state index contributed by atoms with van der Waals surface area (Å²) in [5.41, 5.74) is 1.52. The molecule has 2 aromatic carbocycles. The summed E-state index contributed by atoms with van der Waals surface area (Å²) >= 11 is 12.4. The van der Waals surface area contributed by atoms with Gasteiger partial charge in [-0.1, -0.05) is 49.2 Å². The number of rotatable bonds is 7. The summed E-state index contributed by atoms with van der Waals surface area (Å²) < 4.78 is 5.70. The molecule has 0 radical (unpaired) electrons. The zero-order chi connectivity index (χ0) is 25.1. The normalized spacial score (nSPS) is 17.3. The monoisotopic (exact) mass is 510 g/mol. The topological polar surface area (TPSA) is 79.7 Å². The maximum atomic E-state index is 13.2. The molecule has 1 aliphatic rings. The minimum Gasteiger partial charge on any atom is -0.507 e. The molecule has 8 heteroatoms. The fourth-order valence-corrected chi connectivity index (χ4v) is 4.17. The van der Waals surface area contributed by atoms with Crippen molar-refractivity contribution in [1.29, 1.82) is 0 Å². The maximum absolute atomic E-state index is 13.2. The molecule has 0 aliphatic carbocycles. The van der Waals surface area contributed by atoms with Crippen molar-refractivity contribution >= 4 is 40.7 Å². The highest BCUT2D eigenvalue weighted by Gasteiger charge is 2.46. The van der Waals surface area contributed by atoms with Gasteiger partial charge in [-0.05, 0) is 60.0 Å². The van der Waals surface area contributed by atoms with Crippen LogP contribution in [0.25, 0.3) is 5.76 Å². The molecule has 1 unspecified atom stereocenters. The number of ketones is 1. The molecule has 1 saturated heterocycles. The average molecular weight is 511 g/mol. The van der Waals surface area contributed by atoms with Gasteiger partial charge in [0.05, 0.1) is 40.5 Å². The predicted molar refractivity (Wildman–Crippen MR) is 135 cm³/mol. The zero-order valence-corrected chi connectivity index (χ0v) is 20.8. The third kappa shape index (κ3) is 5.34. The molecule has 1 amide bonds. The smallest absolute Gasteiger partial charge is 0.296 e. The van der Waals surface area contributed by atoms with Gasteiger partial charge in [0.25, 0.3) is 11.7 Å². The Morgan fingerprint density at radius 3 is 2.43 bits per heavy atom. The molecule has 0 bridgehead atoms. The number of aromatic nitrogens is 1. The molecule has 2 heterocycles. The molecule has 1 aromatic heterocycles. The van der Waals surface area contributed by atoms with Crippen LogP contribution >= 0.6 is 23.2 Å². The second-order valence-electron chi connectivity index (χ2n) is 8.65. The highest BCUT2D eigenvalue weighted by molar-refractivity contribution is 6.46. The summed E-state index contributed by atoms with van der Waals surface area (Å²) in [5, 5.41) is 11.8. The first kappa shape index (κ1) is 24.8. The predicted octanol–water partition coefficient (Wildman–Crippen LogP) is 6.05. The second kappa shape index (κ2) is 10.5. The summed E-state index contributed by atoms with van der Waals surface area (Å²) in [6.45, 7) is 4.73. The molecule has 180 valence electrons. The summed E-state index contributed by atoms with van der Waals surface area (Å²) in [6, 6.07) is 16.1. The Morgan fingerprint density at radius 1 is 1.06 bits per heavy atom. The van der Waals surface area contributed by atoms with Crippen molar-refractivity contribution in [1.82, 2.24) is 9.88 Å². The number of aliphatic hydroxyl groups is 1. The van der Waals surface area contributed by atoms with E-state index in [1.165, 1.54) is 4.90 Å². The van der Waals surface area contributed by atoms with Gasteiger partial charge >= 0.3 is 0 Å². The van der Waals surface area contributed by atoms with Gasteiger partial charge in [0.1, 0.15) is 11.5 Å². The van der Waals surface area contributed by atoms with Crippen LogP contribution in [0.2, 0.25) is 10.0 Å². The maximum Gasteiger partial charge on any atom is 0.296 e. The van der Waals surface area contributed by atoms with E-state index >= 15 is 0 Å². The molecule has 6 nitrogen and oxygen atoms in total. The van der Waals surface area contributed by atoms with E-state index in [1.54, 1.807) is 66.9 Å². The lowest BCUT2D eigenvalue weighted by Crippen LogP contribution is -2.29. The van der Waals surface area contributed by atoms with Gasteiger partial charge in [-0.25, -0.2) is 0 Å². The molecule has 0 saturated carbocycles. The standard InChI is InChI=1S/C27H24Cl2N2O4/c1-16(2)15-35-20-9-6-17(7-10-20)25(32)23-24(18-8-11-21(28)22(29)13-18)31(27(34)26(23)33)14-19-5-3-4-12-30-19/h3-13,16,24,32H,14-15H2,1-2H3/b25-23-. The Kier molecular flexibility index (Phi) is 7.43. The number of ether oxygens (including phenoxy) is 1. The van der Waals surface area contributed by atoms with Crippen LogP contribution in [0, 0.1) is 5.92 Å². The molecule has 4 rings (SSSR count). The number of amides is 1. The minimum absolute atomic E-state index is 0.0276. The Hall–Kier alpha value is -3.35. The quantitative estimate of drug-likeness (QED) is 0.238. The number of halogens is 2. The molecular formula is C27H24Cl2N2O4. The van der Waals surface area contributed by atoms with E-state index < -0.39 is 17.7 Å². The Labute approximate surface area is 213 Å². The van der Waals surface area contributed by atoms with Crippen molar-refractivity contribution in [3.63, 3.8) is 0 Å². The molecular weight excluding hydrogens is 487 g/mol. The van der Waals surface area contributed by atoms with Crippen LogP contribution in [0.4, 0.5) is 0 Å². The van der Waals surface area contributed by atoms with Crippen molar-refractivity contribution in [2.45, 2.75) is 26.4 Å². The number of benzene rings is 2. The molecule has 35 heavy (non-hydrogen) atoms. The second-order valence-corrected chi connectivity index (χ2v) is 9.47. The molecule has 1 fully saturated rings. The van der Waals surface area contributed by atoms with Gasteiger partial charge in [-0.15, -0.1) is 0 Å². The molecule has 3 aromatic rings. The number of hydrogen-bond donors (Lipinski definition) is 1. The number of hydrogen-bond acceptors (Lipinski definition) is 5. The fraction of sp³-hybridized carbons (Fsp3) is 0.222. The van der Waals surface area contributed by atoms with E-state index in [0.29, 0.717) is 40.1 Å². The minimum atomic E-state index is -0.872. The van der Waals surface area contributed by atoms with Gasteiger partial charge in [0.15, 0.2) is 0 Å². The van der Waals surface area contributed by atoms with E-state index in [1.807, 2.05) is 13.8 Å². The van der Waals surface area contributed by atoms with Crippen molar-refractivity contribution in [2.24, 2.45) is 5.92 Å². The van der Waals surface area contributed by atoms with E-state index in [9.17, 15) is 14.7 Å². The Morgan fingerprint density at radius 2 is 1.80 bits per heavy atom. The summed E-state index contributed by atoms with van der Waals surface area (Å²) in [7, 11) is 0. The lowest BCUT2D eigenvalue weighted by Gasteiger charge is -2.25. The number of aliphatic hydroxyl groups excluding tert-OH is 1. The van der Waals surface area contributed by atoms with Gasteiger partial charge in [-0.3, -0.25) is 14.6 Å². The first-order chi connectivity index (χ1) is 16.8. The van der Waals surface area contributed by atoms with Gasteiger partial charge in [-0.2, -0.15) is 0 Å². The van der Waals surface area contributed by atoms with E-state index in [0.717, 1.165) is 0 Å². The summed E-state index contributed by atoms with van der Waals surface area (Å²) in [6.07, 6.45) is 1.61. The number of carbonyl (C=O) groups is 2. The van der Waals surface area contributed by atoms with Gasteiger partial charge in [0.2, 0.25) is 0 Å².